The first kappa shape index (κ1) is 14.6. The van der Waals surface area contributed by atoms with Crippen molar-refractivity contribution in [2.24, 2.45) is 11.7 Å². The molecule has 2 heterocycles. The Kier molecular flexibility index (Phi) is 4.58. The molecule has 0 radical (unpaired) electrons. The number of rotatable bonds is 4. The van der Waals surface area contributed by atoms with Crippen LogP contribution in [0, 0.1) is 5.92 Å². The van der Waals surface area contributed by atoms with Gasteiger partial charge in [0.25, 0.3) is 5.91 Å². The highest BCUT2D eigenvalue weighted by molar-refractivity contribution is 5.92. The molecule has 0 spiro atoms. The van der Waals surface area contributed by atoms with Crippen LogP contribution in [0.1, 0.15) is 55.4 Å². The van der Waals surface area contributed by atoms with Crippen LogP contribution in [0.3, 0.4) is 0 Å². The second-order valence-corrected chi connectivity index (χ2v) is 6.39. The molecular weight excluding hydrogens is 264 g/mol. The Morgan fingerprint density at radius 3 is 2.81 bits per heavy atom. The van der Waals surface area contributed by atoms with Crippen molar-refractivity contribution in [2.45, 2.75) is 57.5 Å². The molecule has 1 saturated carbocycles. The molecule has 2 fully saturated rings. The van der Waals surface area contributed by atoms with Crippen molar-refractivity contribution in [3.05, 3.63) is 18.2 Å². The van der Waals surface area contributed by atoms with Crippen LogP contribution in [0.4, 0.5) is 0 Å². The van der Waals surface area contributed by atoms with Gasteiger partial charge in [0.2, 0.25) is 0 Å². The molecule has 116 valence electrons. The topological polar surface area (TPSA) is 64.2 Å². The van der Waals surface area contributed by atoms with Crippen LogP contribution < -0.4 is 5.73 Å². The van der Waals surface area contributed by atoms with Gasteiger partial charge in [-0.1, -0.05) is 19.3 Å². The lowest BCUT2D eigenvalue weighted by Gasteiger charge is -2.33. The van der Waals surface area contributed by atoms with Crippen LogP contribution in [0.2, 0.25) is 0 Å². The van der Waals surface area contributed by atoms with E-state index in [4.69, 9.17) is 5.73 Å². The summed E-state index contributed by atoms with van der Waals surface area (Å²) in [7, 11) is 0. The van der Waals surface area contributed by atoms with Gasteiger partial charge in [-0.25, -0.2) is 4.98 Å². The number of hydrogen-bond donors (Lipinski definition) is 1. The Balaban J connectivity index is 1.69. The number of carbonyl (C=O) groups excluding carboxylic acids is 1. The van der Waals surface area contributed by atoms with Crippen LogP contribution in [0.25, 0.3) is 0 Å². The van der Waals surface area contributed by atoms with Crippen molar-refractivity contribution < 1.29 is 4.79 Å². The van der Waals surface area contributed by atoms with Crippen molar-refractivity contribution in [2.75, 3.05) is 13.1 Å². The first-order valence-electron chi connectivity index (χ1n) is 8.32. The Bertz CT molecular complexity index is 478. The normalized spacial score (nSPS) is 23.7. The van der Waals surface area contributed by atoms with Crippen molar-refractivity contribution in [3.63, 3.8) is 0 Å². The summed E-state index contributed by atoms with van der Waals surface area (Å²) in [6, 6.07) is 0.442. The zero-order valence-electron chi connectivity index (χ0n) is 12.7. The number of nitrogens with zero attached hydrogens (tertiary/aromatic N) is 3. The smallest absolute Gasteiger partial charge is 0.274 e. The molecule has 5 nitrogen and oxygen atoms in total. The minimum Gasteiger partial charge on any atom is -0.335 e. The molecule has 3 rings (SSSR count). The molecule has 2 aliphatic rings. The fourth-order valence-corrected chi connectivity index (χ4v) is 3.94. The van der Waals surface area contributed by atoms with E-state index < -0.39 is 0 Å². The summed E-state index contributed by atoms with van der Waals surface area (Å²) in [5, 5.41) is 0. The number of nitrogens with two attached hydrogens (primary N) is 1. The summed E-state index contributed by atoms with van der Waals surface area (Å²) in [4.78, 5) is 19.1. The minimum atomic E-state index is 0.110. The van der Waals surface area contributed by atoms with Gasteiger partial charge in [0.15, 0.2) is 0 Å². The second-order valence-electron chi connectivity index (χ2n) is 6.39. The van der Waals surface area contributed by atoms with E-state index in [-0.39, 0.29) is 5.91 Å². The largest absolute Gasteiger partial charge is 0.335 e. The molecule has 1 unspecified atom stereocenters. The first-order valence-corrected chi connectivity index (χ1v) is 8.32. The van der Waals surface area contributed by atoms with E-state index in [1.165, 1.54) is 38.5 Å². The monoisotopic (exact) mass is 290 g/mol. The predicted octanol–water partition coefficient (Wildman–Crippen LogP) is 2.03. The lowest BCUT2D eigenvalue weighted by molar-refractivity contribution is 0.0656. The van der Waals surface area contributed by atoms with Crippen LogP contribution in [0.5, 0.6) is 0 Å². The lowest BCUT2D eigenvalue weighted by Crippen LogP contribution is -2.40. The maximum Gasteiger partial charge on any atom is 0.274 e. The average Bonchev–Trinajstić information content (AvgIpc) is 3.17. The van der Waals surface area contributed by atoms with E-state index in [1.807, 2.05) is 10.8 Å². The molecule has 1 atom stereocenters. The molecule has 5 heteroatoms. The maximum atomic E-state index is 12.7. The van der Waals surface area contributed by atoms with Crippen molar-refractivity contribution in [1.29, 1.82) is 0 Å². The highest BCUT2D eigenvalue weighted by Crippen LogP contribution is 2.34. The quantitative estimate of drug-likeness (QED) is 0.922. The predicted molar refractivity (Wildman–Crippen MR) is 81.9 cm³/mol. The Hall–Kier alpha value is -1.36. The zero-order valence-corrected chi connectivity index (χ0v) is 12.7. The fraction of sp³-hybridized carbons (Fsp3) is 0.750. The summed E-state index contributed by atoms with van der Waals surface area (Å²) in [6.45, 7) is 2.18. The third-order valence-electron chi connectivity index (χ3n) is 4.99. The lowest BCUT2D eigenvalue weighted by atomic mass is 9.83. The van der Waals surface area contributed by atoms with Crippen LogP contribution in [0.15, 0.2) is 12.5 Å². The number of amides is 1. The highest BCUT2D eigenvalue weighted by Gasteiger charge is 2.36. The zero-order chi connectivity index (χ0) is 14.7. The van der Waals surface area contributed by atoms with Gasteiger partial charge in [-0.3, -0.25) is 4.79 Å². The van der Waals surface area contributed by atoms with E-state index in [2.05, 4.69) is 9.88 Å². The van der Waals surface area contributed by atoms with E-state index in [1.54, 1.807) is 6.33 Å². The van der Waals surface area contributed by atoms with Gasteiger partial charge in [0, 0.05) is 31.9 Å². The molecule has 1 aromatic rings. The number of likely N-dealkylation sites (tertiary alicyclic amines) is 1. The molecule has 0 aromatic carbocycles. The molecular formula is C16H26N4O. The van der Waals surface area contributed by atoms with E-state index >= 15 is 0 Å². The summed E-state index contributed by atoms with van der Waals surface area (Å²) in [5.41, 5.74) is 6.12. The Morgan fingerprint density at radius 2 is 2.05 bits per heavy atom. The number of hydrogen-bond acceptors (Lipinski definition) is 3. The van der Waals surface area contributed by atoms with Crippen LogP contribution in [-0.2, 0) is 6.54 Å². The number of aromatic nitrogens is 2. The standard InChI is InChI=1S/C16H26N4O/c17-8-10-19-11-14(18-12-19)16(21)20-9-4-7-15(20)13-5-2-1-3-6-13/h11-13,15H,1-10,17H2. The third-order valence-corrected chi connectivity index (χ3v) is 4.99. The summed E-state index contributed by atoms with van der Waals surface area (Å²) >= 11 is 0. The van der Waals surface area contributed by atoms with E-state index in [0.29, 0.717) is 30.7 Å². The summed E-state index contributed by atoms with van der Waals surface area (Å²) < 4.78 is 1.90. The highest BCUT2D eigenvalue weighted by atomic mass is 16.2. The molecule has 0 bridgehead atoms. The van der Waals surface area contributed by atoms with Gasteiger partial charge in [-0.2, -0.15) is 0 Å². The van der Waals surface area contributed by atoms with Crippen molar-refractivity contribution >= 4 is 5.91 Å². The Morgan fingerprint density at radius 1 is 1.24 bits per heavy atom. The molecule has 1 aliphatic heterocycles. The van der Waals surface area contributed by atoms with Gasteiger partial charge in [-0.15, -0.1) is 0 Å². The second kappa shape index (κ2) is 6.60. The van der Waals surface area contributed by atoms with Crippen LogP contribution in [-0.4, -0.2) is 39.5 Å². The van der Waals surface area contributed by atoms with E-state index in [0.717, 1.165) is 13.0 Å². The molecule has 1 amide bonds. The number of imidazole rings is 1. The number of carbonyl (C=O) groups is 1. The van der Waals surface area contributed by atoms with Gasteiger partial charge in [0.1, 0.15) is 5.69 Å². The summed E-state index contributed by atoms with van der Waals surface area (Å²) in [5.74, 6) is 0.815. The third kappa shape index (κ3) is 3.12. The summed E-state index contributed by atoms with van der Waals surface area (Å²) in [6.07, 6.45) is 12.4. The SMILES string of the molecule is NCCn1cnc(C(=O)N2CCCC2C2CCCCC2)c1. The van der Waals surface area contributed by atoms with Gasteiger partial charge < -0.3 is 15.2 Å². The molecule has 1 aliphatic carbocycles. The Labute approximate surface area is 126 Å². The molecule has 1 saturated heterocycles. The van der Waals surface area contributed by atoms with Gasteiger partial charge >= 0.3 is 0 Å². The van der Waals surface area contributed by atoms with Gasteiger partial charge in [-0.05, 0) is 31.6 Å². The van der Waals surface area contributed by atoms with E-state index in [9.17, 15) is 4.79 Å². The van der Waals surface area contributed by atoms with Crippen molar-refractivity contribution in [1.82, 2.24) is 14.5 Å². The molecule has 21 heavy (non-hydrogen) atoms. The maximum absolute atomic E-state index is 12.7. The molecule has 2 N–H and O–H groups in total. The fourth-order valence-electron chi connectivity index (χ4n) is 3.94. The minimum absolute atomic E-state index is 0.110. The van der Waals surface area contributed by atoms with Gasteiger partial charge in [0.05, 0.1) is 6.33 Å². The van der Waals surface area contributed by atoms with Crippen molar-refractivity contribution in [3.8, 4) is 0 Å². The average molecular weight is 290 g/mol. The first-order chi connectivity index (χ1) is 10.3. The molecule has 1 aromatic heterocycles. The van der Waals surface area contributed by atoms with Crippen LogP contribution >= 0.6 is 0 Å².